The van der Waals surface area contributed by atoms with E-state index in [1.54, 1.807) is 0 Å². The summed E-state index contributed by atoms with van der Waals surface area (Å²) in [6.45, 7) is 0. The van der Waals surface area contributed by atoms with Crippen molar-refractivity contribution in [2.45, 2.75) is 0 Å². The molecule has 6 aromatic rings. The Morgan fingerprint density at radius 1 is 0.356 bits per heavy atom. The smallest absolute Gasteiger partial charge is 0.412 e. The van der Waals surface area contributed by atoms with E-state index in [1.807, 2.05) is 182 Å². The van der Waals surface area contributed by atoms with E-state index in [4.69, 9.17) is 0 Å². The van der Waals surface area contributed by atoms with Gasteiger partial charge in [0.1, 0.15) is 0 Å². The van der Waals surface area contributed by atoms with Gasteiger partial charge >= 0.3 is 21.1 Å². The number of nitrogens with zero attached hydrogens (tertiary/aromatic N) is 4. The fourth-order valence-corrected chi connectivity index (χ4v) is 3.96. The zero-order valence-corrected chi connectivity index (χ0v) is 26.7. The minimum Gasteiger partial charge on any atom is -0.412 e. The van der Waals surface area contributed by atoms with Crippen molar-refractivity contribution in [2.75, 3.05) is 10.6 Å². The Hall–Kier alpha value is -5.45. The number of hydrogen-bond donors (Lipinski definition) is 2. The van der Waals surface area contributed by atoms with E-state index in [0.29, 0.717) is 11.9 Å². The van der Waals surface area contributed by atoms with Crippen molar-refractivity contribution in [2.24, 2.45) is 9.98 Å². The molecule has 0 aliphatic rings. The summed E-state index contributed by atoms with van der Waals surface area (Å²) in [6, 6.07) is 59.0. The molecule has 7 heteroatoms. The minimum absolute atomic E-state index is 0. The molecule has 0 bridgehead atoms. The van der Waals surface area contributed by atoms with Gasteiger partial charge in [0.25, 0.3) is 0 Å². The fourth-order valence-electron chi connectivity index (χ4n) is 3.96. The number of guanidine groups is 2. The van der Waals surface area contributed by atoms with Crippen LogP contribution in [0, 0.1) is 0 Å². The average molecular weight is 768 g/mol. The van der Waals surface area contributed by atoms with E-state index < -0.39 is 0 Å². The van der Waals surface area contributed by atoms with E-state index in [0.717, 1.165) is 34.1 Å². The second-order valence-electron chi connectivity index (χ2n) is 9.42. The van der Waals surface area contributed by atoms with Gasteiger partial charge in [0.05, 0.1) is 0 Å². The van der Waals surface area contributed by atoms with Gasteiger partial charge in [0, 0.05) is 11.9 Å². The molecular weight excluding hydrogens is 736 g/mol. The van der Waals surface area contributed by atoms with Crippen LogP contribution in [0.4, 0.5) is 34.1 Å². The molecule has 0 aliphatic carbocycles. The molecule has 0 atom stereocenters. The van der Waals surface area contributed by atoms with Crippen molar-refractivity contribution in [3.8, 4) is 0 Å². The maximum atomic E-state index is 4.59. The van der Waals surface area contributed by atoms with Crippen LogP contribution in [0.15, 0.2) is 192 Å². The Bertz CT molecular complexity index is 1500. The number of benzene rings is 6. The van der Waals surface area contributed by atoms with E-state index in [2.05, 4.69) is 31.3 Å². The van der Waals surface area contributed by atoms with Crippen molar-refractivity contribution in [3.05, 3.63) is 193 Å². The molecule has 6 aromatic carbocycles. The van der Waals surface area contributed by atoms with Crippen LogP contribution in [0.3, 0.4) is 0 Å². The Balaban J connectivity index is 0.000000200. The van der Waals surface area contributed by atoms with Gasteiger partial charge in [0.2, 0.25) is 0 Å². The summed E-state index contributed by atoms with van der Waals surface area (Å²) >= 11 is 0. The van der Waals surface area contributed by atoms with Crippen LogP contribution in [0.1, 0.15) is 0 Å². The van der Waals surface area contributed by atoms with Crippen molar-refractivity contribution >= 4 is 46.0 Å². The zero-order valence-electron chi connectivity index (χ0n) is 24.4. The zero-order chi connectivity index (χ0) is 30.1. The average Bonchev–Trinajstić information content (AvgIpc) is 3.08. The molecule has 0 heterocycles. The molecule has 6 nitrogen and oxygen atoms in total. The molecule has 0 aromatic heterocycles. The van der Waals surface area contributed by atoms with Crippen LogP contribution < -0.4 is 10.6 Å². The molecule has 2 N–H and O–H groups in total. The second kappa shape index (κ2) is 18.3. The first kappa shape index (κ1) is 32.5. The first-order chi connectivity index (χ1) is 21.8. The number of nitrogens with one attached hydrogen (secondary N) is 2. The number of aliphatic imine (C=N–C) groups is 2. The molecule has 0 saturated heterocycles. The first-order valence-corrected chi connectivity index (χ1v) is 14.3. The summed E-state index contributed by atoms with van der Waals surface area (Å²) in [5.41, 5.74) is 5.36. The van der Waals surface area contributed by atoms with Crippen molar-refractivity contribution < 1.29 is 21.1 Å². The van der Waals surface area contributed by atoms with E-state index >= 15 is 0 Å². The molecule has 0 saturated carbocycles. The molecule has 0 fully saturated rings. The maximum absolute atomic E-state index is 4.59. The van der Waals surface area contributed by atoms with Gasteiger partial charge in [-0.05, 0) is 34.1 Å². The van der Waals surface area contributed by atoms with Crippen LogP contribution in [-0.2, 0) is 21.1 Å². The predicted octanol–water partition coefficient (Wildman–Crippen LogP) is 11.0. The van der Waals surface area contributed by atoms with Crippen LogP contribution in [-0.4, -0.2) is 11.9 Å². The Kier molecular flexibility index (Phi) is 13.2. The van der Waals surface area contributed by atoms with Crippen molar-refractivity contribution in [3.63, 3.8) is 0 Å². The number of anilines is 2. The Morgan fingerprint density at radius 3 is 0.933 bits per heavy atom. The van der Waals surface area contributed by atoms with Gasteiger partial charge in [-0.3, -0.25) is 0 Å². The fraction of sp³-hybridized carbons (Fsp3) is 0. The van der Waals surface area contributed by atoms with E-state index in [-0.39, 0.29) is 21.1 Å². The topological polar surface area (TPSA) is 77.0 Å². The third-order valence-electron chi connectivity index (χ3n) is 6.02. The SMILES string of the molecule is [Pt+2].c1ccc(N=C([N-]c2ccccc2)Nc2ccccc2)cc1.c1ccc(N=C([N-]c2ccccc2)Nc2ccccc2)cc1. The molecule has 0 unspecified atom stereocenters. The van der Waals surface area contributed by atoms with Crippen LogP contribution in [0.2, 0.25) is 0 Å². The standard InChI is InChI=1S/2C19H16N3.Pt/c2*1-4-10-16(11-5-1)20-19(21-17-12-6-2-7-13-17)22-18-14-8-3-9-15-18;/h2*1-15H,(H-,20,21,22);/q2*-1;+2. The third kappa shape index (κ3) is 11.6. The normalized spacial score (nSPS) is 10.8. The summed E-state index contributed by atoms with van der Waals surface area (Å²) in [5.74, 6) is 1.12. The van der Waals surface area contributed by atoms with Gasteiger partial charge < -0.3 is 31.3 Å². The van der Waals surface area contributed by atoms with Gasteiger partial charge in [-0.25, -0.2) is 0 Å². The molecule has 224 valence electrons. The van der Waals surface area contributed by atoms with Crippen LogP contribution in [0.25, 0.3) is 10.6 Å². The Labute approximate surface area is 279 Å². The number of hydrogen-bond acceptors (Lipinski definition) is 2. The molecule has 45 heavy (non-hydrogen) atoms. The summed E-state index contributed by atoms with van der Waals surface area (Å²) < 4.78 is 0. The predicted molar refractivity (Wildman–Crippen MR) is 186 cm³/mol. The molecular formula is C38H32N6Pt. The van der Waals surface area contributed by atoms with Crippen LogP contribution >= 0.6 is 0 Å². The molecule has 0 radical (unpaired) electrons. The molecule has 0 amide bonds. The van der Waals surface area contributed by atoms with E-state index in [9.17, 15) is 0 Å². The minimum atomic E-state index is 0. The largest absolute Gasteiger partial charge is 2.00 e. The maximum Gasteiger partial charge on any atom is 2.00 e. The first-order valence-electron chi connectivity index (χ1n) is 14.3. The quantitative estimate of drug-likeness (QED) is 0.131. The number of para-hydroxylation sites is 6. The third-order valence-corrected chi connectivity index (χ3v) is 6.02. The molecule has 0 spiro atoms. The van der Waals surface area contributed by atoms with Crippen molar-refractivity contribution in [1.82, 2.24) is 0 Å². The summed E-state index contributed by atoms with van der Waals surface area (Å²) in [4.78, 5) is 9.18. The van der Waals surface area contributed by atoms with E-state index in [1.165, 1.54) is 0 Å². The van der Waals surface area contributed by atoms with Crippen molar-refractivity contribution in [1.29, 1.82) is 0 Å². The van der Waals surface area contributed by atoms with Gasteiger partial charge in [-0.15, -0.1) is 0 Å². The summed E-state index contributed by atoms with van der Waals surface area (Å²) in [7, 11) is 0. The Morgan fingerprint density at radius 2 is 0.622 bits per heavy atom. The molecule has 0 aliphatic heterocycles. The van der Waals surface area contributed by atoms with Gasteiger partial charge in [-0.1, -0.05) is 182 Å². The monoisotopic (exact) mass is 767 g/mol. The summed E-state index contributed by atoms with van der Waals surface area (Å²) in [6.07, 6.45) is 0. The van der Waals surface area contributed by atoms with Gasteiger partial charge in [-0.2, -0.15) is 0 Å². The summed E-state index contributed by atoms with van der Waals surface area (Å²) in [5, 5.41) is 15.7. The van der Waals surface area contributed by atoms with Crippen LogP contribution in [0.5, 0.6) is 0 Å². The molecule has 6 rings (SSSR count). The second-order valence-corrected chi connectivity index (χ2v) is 9.42. The van der Waals surface area contributed by atoms with Gasteiger partial charge in [0.15, 0.2) is 0 Å². The number of rotatable bonds is 6.